The van der Waals surface area contributed by atoms with E-state index in [-0.39, 0.29) is 17.1 Å². The van der Waals surface area contributed by atoms with E-state index in [1.165, 1.54) is 11.8 Å². The lowest BCUT2D eigenvalue weighted by atomic mass is 10.1. The fourth-order valence-corrected chi connectivity index (χ4v) is 3.67. The van der Waals surface area contributed by atoms with Crippen LogP contribution in [0.25, 0.3) is 0 Å². The molecule has 3 rings (SSSR count). The molecule has 0 bridgehead atoms. The number of halogens is 1. The molecule has 31 heavy (non-hydrogen) atoms. The standard InChI is InChI=1S/C24H22ClN3O2S/c1-16(27-28-23(29)17(2)31-22-13-11-20(25)12-14-22)19-9-6-10-21(15-19)26-24(30)18-7-4-3-5-8-18/h3-15,17H,1-2H3,(H,26,30)(H,28,29)/b27-16-/t17-/m0/s1. The summed E-state index contributed by atoms with van der Waals surface area (Å²) in [5.74, 6) is -0.387. The highest BCUT2D eigenvalue weighted by molar-refractivity contribution is 8.00. The molecule has 0 saturated heterocycles. The largest absolute Gasteiger partial charge is 0.322 e. The molecule has 158 valence electrons. The second-order valence-corrected chi connectivity index (χ2v) is 8.64. The van der Waals surface area contributed by atoms with E-state index < -0.39 is 0 Å². The number of nitrogens with zero attached hydrogens (tertiary/aromatic N) is 1. The van der Waals surface area contributed by atoms with Crippen LogP contribution >= 0.6 is 23.4 Å². The number of hydrogen-bond donors (Lipinski definition) is 2. The highest BCUT2D eigenvalue weighted by Crippen LogP contribution is 2.24. The highest BCUT2D eigenvalue weighted by atomic mass is 35.5. The van der Waals surface area contributed by atoms with Crippen molar-refractivity contribution in [3.8, 4) is 0 Å². The summed E-state index contributed by atoms with van der Waals surface area (Å²) in [5.41, 5.74) is 5.27. The molecule has 2 amide bonds. The molecule has 2 N–H and O–H groups in total. The van der Waals surface area contributed by atoms with Crippen molar-refractivity contribution in [2.75, 3.05) is 5.32 Å². The Hall–Kier alpha value is -3.09. The monoisotopic (exact) mass is 451 g/mol. The molecule has 0 aliphatic carbocycles. The molecule has 0 aliphatic rings. The Bertz CT molecular complexity index is 1090. The van der Waals surface area contributed by atoms with E-state index in [0.29, 0.717) is 22.0 Å². The zero-order chi connectivity index (χ0) is 22.2. The van der Waals surface area contributed by atoms with Crippen LogP contribution in [0.2, 0.25) is 5.02 Å². The summed E-state index contributed by atoms with van der Waals surface area (Å²) in [7, 11) is 0. The zero-order valence-electron chi connectivity index (χ0n) is 17.1. The highest BCUT2D eigenvalue weighted by Gasteiger charge is 2.14. The minimum absolute atomic E-state index is 0.186. The SMILES string of the molecule is C/C(=N/NC(=O)[C@H](C)Sc1ccc(Cl)cc1)c1cccc(NC(=O)c2ccccc2)c1. The third kappa shape index (κ3) is 6.70. The van der Waals surface area contributed by atoms with Crippen LogP contribution in [0.1, 0.15) is 29.8 Å². The predicted molar refractivity (Wildman–Crippen MR) is 128 cm³/mol. The van der Waals surface area contributed by atoms with Crippen molar-refractivity contribution in [1.82, 2.24) is 5.43 Å². The molecule has 0 unspecified atom stereocenters. The Balaban J connectivity index is 1.60. The number of benzene rings is 3. The molecule has 0 heterocycles. The second-order valence-electron chi connectivity index (χ2n) is 6.79. The van der Waals surface area contributed by atoms with Crippen molar-refractivity contribution >= 4 is 46.6 Å². The summed E-state index contributed by atoms with van der Waals surface area (Å²) >= 11 is 7.32. The molecule has 1 atom stereocenters. The van der Waals surface area contributed by atoms with Gasteiger partial charge in [-0.15, -0.1) is 11.8 Å². The van der Waals surface area contributed by atoms with Gasteiger partial charge in [0.25, 0.3) is 11.8 Å². The first-order valence-corrected chi connectivity index (χ1v) is 10.9. The summed E-state index contributed by atoms with van der Waals surface area (Å²) in [5, 5.41) is 7.42. The van der Waals surface area contributed by atoms with Gasteiger partial charge < -0.3 is 5.32 Å². The number of anilines is 1. The summed E-state index contributed by atoms with van der Waals surface area (Å²) < 4.78 is 0. The van der Waals surface area contributed by atoms with Gasteiger partial charge in [-0.05, 0) is 67.9 Å². The van der Waals surface area contributed by atoms with Crippen LogP contribution in [0.15, 0.2) is 88.9 Å². The molecular formula is C24H22ClN3O2S. The third-order valence-corrected chi connectivity index (χ3v) is 5.77. The van der Waals surface area contributed by atoms with Crippen LogP contribution in [-0.2, 0) is 4.79 Å². The Morgan fingerprint density at radius 1 is 0.935 bits per heavy atom. The Labute approximate surface area is 190 Å². The molecule has 5 nitrogen and oxygen atoms in total. The second kappa shape index (κ2) is 10.8. The normalized spacial score (nSPS) is 12.2. The quantitative estimate of drug-likeness (QED) is 0.278. The first kappa shape index (κ1) is 22.6. The molecule has 3 aromatic rings. The fraction of sp³-hybridized carbons (Fsp3) is 0.125. The van der Waals surface area contributed by atoms with Crippen molar-refractivity contribution in [1.29, 1.82) is 0 Å². The maximum Gasteiger partial charge on any atom is 0.255 e. The maximum atomic E-state index is 12.4. The lowest BCUT2D eigenvalue weighted by molar-refractivity contribution is -0.120. The van der Waals surface area contributed by atoms with E-state index in [2.05, 4.69) is 15.8 Å². The average molecular weight is 452 g/mol. The summed E-state index contributed by atoms with van der Waals surface area (Å²) in [6.07, 6.45) is 0. The van der Waals surface area contributed by atoms with Crippen molar-refractivity contribution in [2.45, 2.75) is 24.0 Å². The van der Waals surface area contributed by atoms with Crippen molar-refractivity contribution in [3.63, 3.8) is 0 Å². The van der Waals surface area contributed by atoms with Crippen LogP contribution < -0.4 is 10.7 Å². The Morgan fingerprint density at radius 2 is 1.61 bits per heavy atom. The van der Waals surface area contributed by atoms with Crippen molar-refractivity contribution in [2.24, 2.45) is 5.10 Å². The molecule has 0 spiro atoms. The summed E-state index contributed by atoms with van der Waals surface area (Å²) in [6.45, 7) is 3.62. The number of thioether (sulfide) groups is 1. The first-order chi connectivity index (χ1) is 14.9. The van der Waals surface area contributed by atoms with Gasteiger partial charge in [-0.25, -0.2) is 5.43 Å². The van der Waals surface area contributed by atoms with Crippen LogP contribution in [0.5, 0.6) is 0 Å². The van der Waals surface area contributed by atoms with Crippen LogP contribution in [0.3, 0.4) is 0 Å². The minimum Gasteiger partial charge on any atom is -0.322 e. The lowest BCUT2D eigenvalue weighted by Crippen LogP contribution is -2.27. The lowest BCUT2D eigenvalue weighted by Gasteiger charge is -2.11. The molecule has 0 aliphatic heterocycles. The number of rotatable bonds is 7. The van der Waals surface area contributed by atoms with Crippen LogP contribution in [0.4, 0.5) is 5.69 Å². The number of hydrogen-bond acceptors (Lipinski definition) is 4. The third-order valence-electron chi connectivity index (χ3n) is 4.40. The number of hydrazone groups is 1. The van der Waals surface area contributed by atoms with E-state index in [1.54, 1.807) is 37.3 Å². The van der Waals surface area contributed by atoms with E-state index >= 15 is 0 Å². The minimum atomic E-state index is -0.325. The van der Waals surface area contributed by atoms with Gasteiger partial charge >= 0.3 is 0 Å². The maximum absolute atomic E-state index is 12.4. The smallest absolute Gasteiger partial charge is 0.255 e. The van der Waals surface area contributed by atoms with Gasteiger partial charge in [0, 0.05) is 21.2 Å². The topological polar surface area (TPSA) is 70.6 Å². The zero-order valence-corrected chi connectivity index (χ0v) is 18.7. The number of carbonyl (C=O) groups is 2. The average Bonchev–Trinajstić information content (AvgIpc) is 2.79. The van der Waals surface area contributed by atoms with Gasteiger partial charge in [-0.3, -0.25) is 9.59 Å². The molecule has 0 saturated carbocycles. The Kier molecular flexibility index (Phi) is 7.87. The van der Waals surface area contributed by atoms with Gasteiger partial charge in [0.15, 0.2) is 0 Å². The summed E-state index contributed by atoms with van der Waals surface area (Å²) in [6, 6.07) is 23.7. The Morgan fingerprint density at radius 3 is 2.32 bits per heavy atom. The number of carbonyl (C=O) groups excluding carboxylic acids is 2. The molecule has 3 aromatic carbocycles. The van der Waals surface area contributed by atoms with E-state index in [0.717, 1.165) is 10.5 Å². The summed E-state index contributed by atoms with van der Waals surface area (Å²) in [4.78, 5) is 25.7. The molecule has 7 heteroatoms. The van der Waals surface area contributed by atoms with Gasteiger partial charge in [0.1, 0.15) is 0 Å². The van der Waals surface area contributed by atoms with Crippen molar-refractivity contribution in [3.05, 3.63) is 95.0 Å². The van der Waals surface area contributed by atoms with Crippen molar-refractivity contribution < 1.29 is 9.59 Å². The van der Waals surface area contributed by atoms with Crippen LogP contribution in [-0.4, -0.2) is 22.8 Å². The van der Waals surface area contributed by atoms with Gasteiger partial charge in [-0.1, -0.05) is 41.9 Å². The van der Waals surface area contributed by atoms with Gasteiger partial charge in [0.05, 0.1) is 11.0 Å². The first-order valence-electron chi connectivity index (χ1n) is 9.65. The fourth-order valence-electron chi connectivity index (χ4n) is 2.68. The number of nitrogens with one attached hydrogen (secondary N) is 2. The molecule has 0 aromatic heterocycles. The van der Waals surface area contributed by atoms with E-state index in [9.17, 15) is 9.59 Å². The molecule has 0 radical (unpaired) electrons. The molecular weight excluding hydrogens is 430 g/mol. The number of amides is 2. The van der Waals surface area contributed by atoms with Gasteiger partial charge in [0.2, 0.25) is 0 Å². The van der Waals surface area contributed by atoms with E-state index in [4.69, 9.17) is 11.6 Å². The van der Waals surface area contributed by atoms with Crippen LogP contribution in [0, 0.1) is 0 Å². The van der Waals surface area contributed by atoms with Gasteiger partial charge in [-0.2, -0.15) is 5.10 Å². The molecule has 0 fully saturated rings. The predicted octanol–water partition coefficient (Wildman–Crippen LogP) is 5.61. The van der Waals surface area contributed by atoms with E-state index in [1.807, 2.05) is 55.5 Å².